The molecule has 3 rings (SSSR count). The number of benzene rings is 1. The van der Waals surface area contributed by atoms with Gasteiger partial charge in [-0.1, -0.05) is 0 Å². The molecular formula is C16H19NO5S2. The summed E-state index contributed by atoms with van der Waals surface area (Å²) in [5, 5.41) is 10.1. The van der Waals surface area contributed by atoms with Gasteiger partial charge < -0.3 is 9.84 Å². The number of nitrogens with zero attached hydrogens (tertiary/aromatic N) is 1. The van der Waals surface area contributed by atoms with Crippen molar-refractivity contribution in [1.29, 1.82) is 0 Å². The maximum absolute atomic E-state index is 11.4. The molecule has 2 aromatic rings. The zero-order valence-electron chi connectivity index (χ0n) is 13.1. The number of aromatic nitrogens is 1. The molecule has 0 bridgehead atoms. The highest BCUT2D eigenvalue weighted by molar-refractivity contribution is 8.24. The van der Waals surface area contributed by atoms with Crippen LogP contribution < -0.4 is 4.74 Å². The Balaban J connectivity index is 1.84. The summed E-state index contributed by atoms with van der Waals surface area (Å²) in [7, 11) is -2.46. The largest absolute Gasteiger partial charge is 0.490 e. The number of rotatable bonds is 4. The van der Waals surface area contributed by atoms with Crippen LogP contribution in [0.25, 0.3) is 10.6 Å². The van der Waals surface area contributed by atoms with Crippen molar-refractivity contribution in [2.45, 2.75) is 25.9 Å². The van der Waals surface area contributed by atoms with Crippen molar-refractivity contribution in [3.63, 3.8) is 0 Å². The van der Waals surface area contributed by atoms with Crippen LogP contribution in [0.3, 0.4) is 0 Å². The summed E-state index contributed by atoms with van der Waals surface area (Å²) >= 11 is 1.49. The Bertz CT molecular complexity index is 749. The maximum atomic E-state index is 11.4. The van der Waals surface area contributed by atoms with Crippen LogP contribution >= 0.6 is 21.9 Å². The Labute approximate surface area is 145 Å². The third-order valence-corrected chi connectivity index (χ3v) is 6.60. The standard InChI is InChI=1S/C16H19NO5S2/c1-10-9-17-15(23-10)11-6-12(16(18)19)8-14(7-11)22-13-2-4-24(20,21)5-3-13/h6-9,13,20-21H,2-5H2,1H3,(H,18,19). The van der Waals surface area contributed by atoms with E-state index in [0.717, 1.165) is 9.88 Å². The monoisotopic (exact) mass is 369 g/mol. The number of hydrogen-bond acceptors (Lipinski definition) is 6. The van der Waals surface area contributed by atoms with Gasteiger partial charge in [0.15, 0.2) is 0 Å². The predicted molar refractivity (Wildman–Crippen MR) is 95.5 cm³/mol. The van der Waals surface area contributed by atoms with E-state index in [-0.39, 0.29) is 11.7 Å². The van der Waals surface area contributed by atoms with Gasteiger partial charge >= 0.3 is 5.97 Å². The van der Waals surface area contributed by atoms with E-state index >= 15 is 0 Å². The lowest BCUT2D eigenvalue weighted by Crippen LogP contribution is -2.28. The first-order chi connectivity index (χ1) is 11.3. The molecule has 2 heterocycles. The third kappa shape index (κ3) is 4.07. The van der Waals surface area contributed by atoms with Crippen LogP contribution in [-0.2, 0) is 0 Å². The summed E-state index contributed by atoms with van der Waals surface area (Å²) in [6.07, 6.45) is 2.70. The van der Waals surface area contributed by atoms with Crippen molar-refractivity contribution in [2.75, 3.05) is 11.5 Å². The van der Waals surface area contributed by atoms with Gasteiger partial charge in [0.2, 0.25) is 0 Å². The minimum absolute atomic E-state index is 0.139. The smallest absolute Gasteiger partial charge is 0.335 e. The second kappa shape index (κ2) is 6.72. The summed E-state index contributed by atoms with van der Waals surface area (Å²) < 4.78 is 25.3. The lowest BCUT2D eigenvalue weighted by Gasteiger charge is -2.39. The van der Waals surface area contributed by atoms with Crippen molar-refractivity contribution in [3.05, 3.63) is 34.8 Å². The van der Waals surface area contributed by atoms with E-state index in [2.05, 4.69) is 4.98 Å². The van der Waals surface area contributed by atoms with E-state index in [0.29, 0.717) is 35.7 Å². The van der Waals surface area contributed by atoms with Crippen LogP contribution in [0.1, 0.15) is 28.1 Å². The van der Waals surface area contributed by atoms with Gasteiger partial charge in [0, 0.05) is 41.0 Å². The molecule has 3 N–H and O–H groups in total. The quantitative estimate of drug-likeness (QED) is 0.750. The molecule has 1 saturated heterocycles. The Morgan fingerprint density at radius 2 is 2.00 bits per heavy atom. The number of ether oxygens (including phenoxy) is 1. The number of carbonyl (C=O) groups is 1. The number of hydrogen-bond donors (Lipinski definition) is 3. The minimum Gasteiger partial charge on any atom is -0.490 e. The van der Waals surface area contributed by atoms with Gasteiger partial charge in [-0.15, -0.1) is 11.3 Å². The molecule has 24 heavy (non-hydrogen) atoms. The van der Waals surface area contributed by atoms with Crippen molar-refractivity contribution >= 4 is 27.9 Å². The second-order valence-corrected chi connectivity index (χ2v) is 9.51. The molecule has 0 amide bonds. The molecule has 130 valence electrons. The highest BCUT2D eigenvalue weighted by Gasteiger charge is 2.25. The van der Waals surface area contributed by atoms with Gasteiger partial charge in [0.05, 0.1) is 5.56 Å². The highest BCUT2D eigenvalue weighted by Crippen LogP contribution is 2.44. The molecule has 1 fully saturated rings. The summed E-state index contributed by atoms with van der Waals surface area (Å²) in [6, 6.07) is 4.88. The lowest BCUT2D eigenvalue weighted by molar-refractivity contribution is 0.0696. The second-order valence-electron chi connectivity index (χ2n) is 5.85. The molecule has 0 atom stereocenters. The van der Waals surface area contributed by atoms with Gasteiger partial charge in [0.1, 0.15) is 16.9 Å². The number of carboxylic acids is 1. The van der Waals surface area contributed by atoms with Crippen LogP contribution in [0.5, 0.6) is 5.75 Å². The van der Waals surface area contributed by atoms with E-state index in [4.69, 9.17) is 4.74 Å². The average Bonchev–Trinajstić information content (AvgIpc) is 2.96. The van der Waals surface area contributed by atoms with E-state index in [1.165, 1.54) is 17.4 Å². The fraction of sp³-hybridized carbons (Fsp3) is 0.375. The zero-order valence-corrected chi connectivity index (χ0v) is 14.8. The van der Waals surface area contributed by atoms with E-state index in [1.807, 2.05) is 6.92 Å². The average molecular weight is 369 g/mol. The van der Waals surface area contributed by atoms with Crippen LogP contribution in [-0.4, -0.2) is 42.8 Å². The molecule has 8 heteroatoms. The summed E-state index contributed by atoms with van der Waals surface area (Å²) in [5.74, 6) is 0.109. The first-order valence-electron chi connectivity index (χ1n) is 7.54. The van der Waals surface area contributed by atoms with Gasteiger partial charge in [0.25, 0.3) is 0 Å². The minimum atomic E-state index is -2.46. The molecule has 1 aliphatic rings. The van der Waals surface area contributed by atoms with Crippen LogP contribution in [0.4, 0.5) is 0 Å². The third-order valence-electron chi connectivity index (χ3n) is 3.86. The SMILES string of the molecule is Cc1cnc(-c2cc(OC3CCS(O)(O)CC3)cc(C(=O)O)c2)s1. The molecule has 1 aliphatic heterocycles. The lowest BCUT2D eigenvalue weighted by atomic mass is 10.1. The molecule has 1 aromatic heterocycles. The van der Waals surface area contributed by atoms with Crippen molar-refractivity contribution in [2.24, 2.45) is 0 Å². The first kappa shape index (κ1) is 17.2. The fourth-order valence-corrected chi connectivity index (χ4v) is 4.84. The van der Waals surface area contributed by atoms with Gasteiger partial charge in [-0.05, 0) is 25.1 Å². The predicted octanol–water partition coefficient (Wildman–Crippen LogP) is 4.11. The van der Waals surface area contributed by atoms with Crippen molar-refractivity contribution in [3.8, 4) is 16.3 Å². The van der Waals surface area contributed by atoms with E-state index < -0.39 is 16.6 Å². The van der Waals surface area contributed by atoms with Crippen LogP contribution in [0, 0.1) is 6.92 Å². The number of thiazole rings is 1. The molecule has 6 nitrogen and oxygen atoms in total. The Morgan fingerprint density at radius 3 is 2.58 bits per heavy atom. The summed E-state index contributed by atoms with van der Waals surface area (Å²) in [6.45, 7) is 1.94. The van der Waals surface area contributed by atoms with Crippen molar-refractivity contribution in [1.82, 2.24) is 4.98 Å². The normalized spacial score (nSPS) is 19.0. The van der Waals surface area contributed by atoms with Crippen LogP contribution in [0.15, 0.2) is 24.4 Å². The van der Waals surface area contributed by atoms with E-state index in [9.17, 15) is 19.0 Å². The topological polar surface area (TPSA) is 99.9 Å². The maximum Gasteiger partial charge on any atom is 0.335 e. The Morgan fingerprint density at radius 1 is 1.29 bits per heavy atom. The Kier molecular flexibility index (Phi) is 4.82. The first-order valence-corrected chi connectivity index (χ1v) is 10.2. The fourth-order valence-electron chi connectivity index (χ4n) is 2.60. The Hall–Kier alpha value is -1.61. The number of aryl methyl sites for hydroxylation is 1. The molecule has 1 aromatic carbocycles. The van der Waals surface area contributed by atoms with Gasteiger partial charge in [-0.25, -0.2) is 9.78 Å². The van der Waals surface area contributed by atoms with Crippen molar-refractivity contribution < 1.29 is 23.7 Å². The molecular weight excluding hydrogens is 350 g/mol. The number of aromatic carboxylic acids is 1. The zero-order chi connectivity index (χ0) is 17.3. The molecule has 0 radical (unpaired) electrons. The van der Waals surface area contributed by atoms with Gasteiger partial charge in [-0.3, -0.25) is 9.11 Å². The molecule has 0 aliphatic carbocycles. The van der Waals surface area contributed by atoms with Gasteiger partial charge in [-0.2, -0.15) is 10.6 Å². The number of carboxylic acid groups (broad SMARTS) is 1. The highest BCUT2D eigenvalue weighted by atomic mass is 32.3. The van der Waals surface area contributed by atoms with E-state index in [1.54, 1.807) is 18.3 Å². The molecule has 0 saturated carbocycles. The molecule has 0 unspecified atom stereocenters. The summed E-state index contributed by atoms with van der Waals surface area (Å²) in [4.78, 5) is 16.7. The van der Waals surface area contributed by atoms with Crippen LogP contribution in [0.2, 0.25) is 0 Å². The summed E-state index contributed by atoms with van der Waals surface area (Å²) in [5.41, 5.74) is 0.860. The molecule has 0 spiro atoms.